The van der Waals surface area contributed by atoms with Crippen molar-refractivity contribution in [2.75, 3.05) is 7.11 Å². The van der Waals surface area contributed by atoms with E-state index in [1.54, 1.807) is 12.1 Å². The van der Waals surface area contributed by atoms with Gasteiger partial charge in [0.15, 0.2) is 0 Å². The first kappa shape index (κ1) is 12.2. The van der Waals surface area contributed by atoms with Gasteiger partial charge in [-0.15, -0.1) is 0 Å². The third-order valence-corrected chi connectivity index (χ3v) is 2.16. The van der Waals surface area contributed by atoms with Gasteiger partial charge in [-0.25, -0.2) is 4.79 Å². The second-order valence-corrected chi connectivity index (χ2v) is 3.34. The van der Waals surface area contributed by atoms with E-state index in [2.05, 4.69) is 4.74 Å². The summed E-state index contributed by atoms with van der Waals surface area (Å²) in [6, 6.07) is 5.49. The maximum Gasteiger partial charge on any atom is 0.335 e. The molecule has 0 aliphatic rings. The first-order chi connectivity index (χ1) is 7.54. The molecule has 0 unspecified atom stereocenters. The lowest BCUT2D eigenvalue weighted by molar-refractivity contribution is -0.142. The molecule has 0 bridgehead atoms. The van der Waals surface area contributed by atoms with Gasteiger partial charge < -0.3 is 15.6 Å². The Bertz CT molecular complexity index is 385. The highest BCUT2D eigenvalue weighted by atomic mass is 16.5. The molecule has 1 atom stereocenters. The number of hydrogen-bond acceptors (Lipinski definition) is 4. The van der Waals surface area contributed by atoms with Crippen molar-refractivity contribution in [3.8, 4) is 0 Å². The number of hydrogen-bond donors (Lipinski definition) is 2. The molecule has 16 heavy (non-hydrogen) atoms. The van der Waals surface area contributed by atoms with Crippen LogP contribution in [0.2, 0.25) is 0 Å². The molecule has 1 aromatic rings. The van der Waals surface area contributed by atoms with Crippen molar-refractivity contribution < 1.29 is 19.4 Å². The molecule has 1 rings (SSSR count). The second-order valence-electron chi connectivity index (χ2n) is 3.34. The molecule has 1 aromatic carbocycles. The van der Waals surface area contributed by atoms with Gasteiger partial charge in [0.2, 0.25) is 0 Å². The zero-order chi connectivity index (χ0) is 12.1. The second kappa shape index (κ2) is 5.27. The van der Waals surface area contributed by atoms with Gasteiger partial charge in [-0.05, 0) is 24.1 Å². The van der Waals surface area contributed by atoms with E-state index < -0.39 is 18.0 Å². The standard InChI is InChI=1S/C11H13NO4/c1-16-11(15)9(12)6-7-2-4-8(5-3-7)10(13)14/h2-5,9H,6,12H2,1H3,(H,13,14)/t9-/m1/s1. The summed E-state index contributed by atoms with van der Waals surface area (Å²) in [5.41, 5.74) is 6.57. The Morgan fingerprint density at radius 2 is 1.94 bits per heavy atom. The number of benzene rings is 1. The number of carbonyl (C=O) groups is 2. The van der Waals surface area contributed by atoms with Crippen LogP contribution in [0.3, 0.4) is 0 Å². The molecule has 0 fully saturated rings. The average molecular weight is 223 g/mol. The van der Waals surface area contributed by atoms with Crippen molar-refractivity contribution in [1.82, 2.24) is 0 Å². The lowest BCUT2D eigenvalue weighted by atomic mass is 10.0. The van der Waals surface area contributed by atoms with E-state index in [4.69, 9.17) is 10.8 Å². The van der Waals surface area contributed by atoms with Crippen LogP contribution in [-0.4, -0.2) is 30.2 Å². The number of carboxylic acids is 1. The van der Waals surface area contributed by atoms with Gasteiger partial charge in [-0.1, -0.05) is 12.1 Å². The monoisotopic (exact) mass is 223 g/mol. The Kier molecular flexibility index (Phi) is 4.02. The van der Waals surface area contributed by atoms with E-state index in [1.807, 2.05) is 0 Å². The van der Waals surface area contributed by atoms with Crippen molar-refractivity contribution in [2.45, 2.75) is 12.5 Å². The highest BCUT2D eigenvalue weighted by Gasteiger charge is 2.14. The van der Waals surface area contributed by atoms with Crippen LogP contribution in [-0.2, 0) is 16.0 Å². The predicted molar refractivity (Wildman–Crippen MR) is 57.1 cm³/mol. The van der Waals surface area contributed by atoms with Crippen LogP contribution in [0, 0.1) is 0 Å². The van der Waals surface area contributed by atoms with E-state index in [0.29, 0.717) is 6.42 Å². The molecule has 0 aliphatic heterocycles. The number of methoxy groups -OCH3 is 1. The lowest BCUT2D eigenvalue weighted by Gasteiger charge is -2.08. The zero-order valence-electron chi connectivity index (χ0n) is 8.84. The Balaban J connectivity index is 2.68. The third kappa shape index (κ3) is 3.06. The largest absolute Gasteiger partial charge is 0.478 e. The number of aromatic carboxylic acids is 1. The summed E-state index contributed by atoms with van der Waals surface area (Å²) in [6.45, 7) is 0. The van der Waals surface area contributed by atoms with Gasteiger partial charge in [0.25, 0.3) is 0 Å². The van der Waals surface area contributed by atoms with Gasteiger partial charge >= 0.3 is 11.9 Å². The van der Waals surface area contributed by atoms with Crippen LogP contribution >= 0.6 is 0 Å². The first-order valence-electron chi connectivity index (χ1n) is 4.70. The number of nitrogens with two attached hydrogens (primary N) is 1. The molecule has 3 N–H and O–H groups in total. The van der Waals surface area contributed by atoms with Crippen LogP contribution < -0.4 is 5.73 Å². The summed E-state index contributed by atoms with van der Waals surface area (Å²) in [6.07, 6.45) is 0.326. The highest BCUT2D eigenvalue weighted by Crippen LogP contribution is 2.07. The number of esters is 1. The van der Waals surface area contributed by atoms with E-state index in [1.165, 1.54) is 19.2 Å². The van der Waals surface area contributed by atoms with Crippen molar-refractivity contribution in [1.29, 1.82) is 0 Å². The number of ether oxygens (including phenoxy) is 1. The molecule has 0 aromatic heterocycles. The fourth-order valence-electron chi connectivity index (χ4n) is 1.27. The molecule has 5 heteroatoms. The summed E-state index contributed by atoms with van der Waals surface area (Å²) in [5.74, 6) is -1.47. The number of carbonyl (C=O) groups excluding carboxylic acids is 1. The van der Waals surface area contributed by atoms with Gasteiger partial charge in [-0.2, -0.15) is 0 Å². The van der Waals surface area contributed by atoms with Crippen molar-refractivity contribution >= 4 is 11.9 Å². The Hall–Kier alpha value is -1.88. The zero-order valence-corrected chi connectivity index (χ0v) is 8.84. The molecule has 0 saturated heterocycles. The average Bonchev–Trinajstić information content (AvgIpc) is 2.28. The molecule has 0 amide bonds. The molecule has 0 saturated carbocycles. The van der Waals surface area contributed by atoms with E-state index >= 15 is 0 Å². The molecular formula is C11H13NO4. The maximum atomic E-state index is 11.0. The van der Waals surface area contributed by atoms with Crippen LogP contribution in [0.25, 0.3) is 0 Å². The Labute approximate surface area is 92.8 Å². The Morgan fingerprint density at radius 1 is 1.38 bits per heavy atom. The van der Waals surface area contributed by atoms with E-state index in [-0.39, 0.29) is 5.56 Å². The smallest absolute Gasteiger partial charge is 0.335 e. The molecule has 0 heterocycles. The van der Waals surface area contributed by atoms with Crippen molar-refractivity contribution in [3.63, 3.8) is 0 Å². The quantitative estimate of drug-likeness (QED) is 0.722. The fraction of sp³-hybridized carbons (Fsp3) is 0.273. The van der Waals surface area contributed by atoms with E-state index in [9.17, 15) is 9.59 Å². The normalized spacial score (nSPS) is 11.9. The maximum absolute atomic E-state index is 11.0. The van der Waals surface area contributed by atoms with Gasteiger partial charge in [0, 0.05) is 0 Å². The molecule has 0 spiro atoms. The molecular weight excluding hydrogens is 210 g/mol. The van der Waals surface area contributed by atoms with Gasteiger partial charge in [0.1, 0.15) is 6.04 Å². The topological polar surface area (TPSA) is 89.6 Å². The summed E-state index contributed by atoms with van der Waals surface area (Å²) in [4.78, 5) is 21.6. The summed E-state index contributed by atoms with van der Waals surface area (Å²) in [7, 11) is 1.27. The Morgan fingerprint density at radius 3 is 2.38 bits per heavy atom. The summed E-state index contributed by atoms with van der Waals surface area (Å²) >= 11 is 0. The predicted octanol–water partition coefficient (Wildman–Crippen LogP) is 0.428. The highest BCUT2D eigenvalue weighted by molar-refractivity contribution is 5.87. The number of carboxylic acid groups (broad SMARTS) is 1. The van der Waals surface area contributed by atoms with Crippen LogP contribution in [0.15, 0.2) is 24.3 Å². The first-order valence-corrected chi connectivity index (χ1v) is 4.70. The van der Waals surface area contributed by atoms with Crippen LogP contribution in [0.4, 0.5) is 0 Å². The minimum atomic E-state index is -0.983. The summed E-state index contributed by atoms with van der Waals surface area (Å²) in [5, 5.41) is 8.69. The SMILES string of the molecule is COC(=O)[C@H](N)Cc1ccc(C(=O)O)cc1. The molecule has 86 valence electrons. The molecule has 5 nitrogen and oxygen atoms in total. The molecule has 0 aliphatic carbocycles. The lowest BCUT2D eigenvalue weighted by Crippen LogP contribution is -2.33. The molecule has 0 radical (unpaired) electrons. The third-order valence-electron chi connectivity index (χ3n) is 2.16. The van der Waals surface area contributed by atoms with Crippen LogP contribution in [0.1, 0.15) is 15.9 Å². The fourth-order valence-corrected chi connectivity index (χ4v) is 1.27. The van der Waals surface area contributed by atoms with Crippen molar-refractivity contribution in [3.05, 3.63) is 35.4 Å². The van der Waals surface area contributed by atoms with Gasteiger partial charge in [0.05, 0.1) is 12.7 Å². The summed E-state index contributed by atoms with van der Waals surface area (Å²) < 4.78 is 4.49. The van der Waals surface area contributed by atoms with Gasteiger partial charge in [-0.3, -0.25) is 4.79 Å². The van der Waals surface area contributed by atoms with Crippen LogP contribution in [0.5, 0.6) is 0 Å². The van der Waals surface area contributed by atoms with Crippen molar-refractivity contribution in [2.24, 2.45) is 5.73 Å². The minimum Gasteiger partial charge on any atom is -0.478 e. The minimum absolute atomic E-state index is 0.204. The van der Waals surface area contributed by atoms with E-state index in [0.717, 1.165) is 5.56 Å². The number of rotatable bonds is 4.